The second kappa shape index (κ2) is 7.99. The Labute approximate surface area is 157 Å². The number of halogens is 1. The van der Waals surface area contributed by atoms with Crippen LogP contribution in [0.2, 0.25) is 0 Å². The molecular formula is C22H21FN2O2. The SMILES string of the molecule is CCN(C(=O)c1ccc(=O)n(Cc2cccc(F)c2)c1)c1ccccc1C. The first-order valence-electron chi connectivity index (χ1n) is 8.82. The zero-order valence-electron chi connectivity index (χ0n) is 15.4. The summed E-state index contributed by atoms with van der Waals surface area (Å²) in [6.45, 7) is 4.57. The number of amides is 1. The molecule has 0 aliphatic rings. The maximum Gasteiger partial charge on any atom is 0.259 e. The molecule has 0 aliphatic carbocycles. The number of rotatable bonds is 5. The Morgan fingerprint density at radius 1 is 1.07 bits per heavy atom. The van der Waals surface area contributed by atoms with E-state index in [-0.39, 0.29) is 23.8 Å². The van der Waals surface area contributed by atoms with Crippen LogP contribution >= 0.6 is 0 Å². The number of para-hydroxylation sites is 1. The van der Waals surface area contributed by atoms with Gasteiger partial charge in [0, 0.05) is 24.5 Å². The molecule has 0 bridgehead atoms. The lowest BCUT2D eigenvalue weighted by Crippen LogP contribution is -2.32. The van der Waals surface area contributed by atoms with Gasteiger partial charge in [-0.15, -0.1) is 0 Å². The maximum absolute atomic E-state index is 13.4. The first-order valence-corrected chi connectivity index (χ1v) is 8.82. The maximum atomic E-state index is 13.4. The molecule has 0 aliphatic heterocycles. The van der Waals surface area contributed by atoms with Gasteiger partial charge in [0.2, 0.25) is 0 Å². The van der Waals surface area contributed by atoms with E-state index < -0.39 is 0 Å². The Morgan fingerprint density at radius 2 is 1.85 bits per heavy atom. The summed E-state index contributed by atoms with van der Waals surface area (Å²) in [4.78, 5) is 26.9. The van der Waals surface area contributed by atoms with Gasteiger partial charge in [0.25, 0.3) is 11.5 Å². The lowest BCUT2D eigenvalue weighted by atomic mass is 10.1. The van der Waals surface area contributed by atoms with Crippen molar-refractivity contribution >= 4 is 11.6 Å². The zero-order valence-corrected chi connectivity index (χ0v) is 15.4. The number of aromatic nitrogens is 1. The molecule has 0 spiro atoms. The Morgan fingerprint density at radius 3 is 2.56 bits per heavy atom. The highest BCUT2D eigenvalue weighted by molar-refractivity contribution is 6.06. The number of nitrogens with zero attached hydrogens (tertiary/aromatic N) is 2. The van der Waals surface area contributed by atoms with Gasteiger partial charge in [-0.3, -0.25) is 9.59 Å². The molecule has 3 rings (SSSR count). The van der Waals surface area contributed by atoms with Crippen LogP contribution in [0.5, 0.6) is 0 Å². The second-order valence-corrected chi connectivity index (χ2v) is 6.35. The van der Waals surface area contributed by atoms with Gasteiger partial charge in [-0.25, -0.2) is 4.39 Å². The third-order valence-corrected chi connectivity index (χ3v) is 4.44. The Bertz CT molecular complexity index is 1030. The Balaban J connectivity index is 1.93. The molecule has 1 aromatic heterocycles. The number of carbonyl (C=O) groups excluding carboxylic acids is 1. The third-order valence-electron chi connectivity index (χ3n) is 4.44. The summed E-state index contributed by atoms with van der Waals surface area (Å²) in [5.74, 6) is -0.538. The lowest BCUT2D eigenvalue weighted by molar-refractivity contribution is 0.0987. The van der Waals surface area contributed by atoms with Gasteiger partial charge in [-0.2, -0.15) is 0 Å². The molecule has 0 radical (unpaired) electrons. The van der Waals surface area contributed by atoms with Crippen molar-refractivity contribution in [3.63, 3.8) is 0 Å². The molecular weight excluding hydrogens is 343 g/mol. The summed E-state index contributed by atoms with van der Waals surface area (Å²) in [6.07, 6.45) is 1.54. The largest absolute Gasteiger partial charge is 0.310 e. The monoisotopic (exact) mass is 364 g/mol. The molecule has 138 valence electrons. The number of hydrogen-bond donors (Lipinski definition) is 0. The van der Waals surface area contributed by atoms with E-state index in [1.807, 2.05) is 38.1 Å². The van der Waals surface area contributed by atoms with E-state index in [2.05, 4.69) is 0 Å². The van der Waals surface area contributed by atoms with Gasteiger partial charge in [-0.05, 0) is 49.2 Å². The summed E-state index contributed by atoms with van der Waals surface area (Å²) in [7, 11) is 0. The number of aryl methyl sites for hydroxylation is 1. The van der Waals surface area contributed by atoms with Crippen molar-refractivity contribution in [3.05, 3.63) is 99.7 Å². The van der Waals surface area contributed by atoms with Crippen LogP contribution in [0.3, 0.4) is 0 Å². The summed E-state index contributed by atoms with van der Waals surface area (Å²) in [5.41, 5.74) is 2.67. The quantitative estimate of drug-likeness (QED) is 0.686. The number of pyridine rings is 1. The molecule has 1 amide bonds. The third kappa shape index (κ3) is 4.14. The van der Waals surface area contributed by atoms with Crippen LogP contribution in [0.1, 0.15) is 28.4 Å². The fraction of sp³-hybridized carbons (Fsp3) is 0.182. The molecule has 2 aromatic carbocycles. The lowest BCUT2D eigenvalue weighted by Gasteiger charge is -2.23. The van der Waals surface area contributed by atoms with Gasteiger partial charge in [-0.1, -0.05) is 30.3 Å². The van der Waals surface area contributed by atoms with Crippen LogP contribution < -0.4 is 10.5 Å². The van der Waals surface area contributed by atoms with Crippen LogP contribution in [0.4, 0.5) is 10.1 Å². The van der Waals surface area contributed by atoms with Gasteiger partial charge >= 0.3 is 0 Å². The van der Waals surface area contributed by atoms with E-state index in [1.54, 1.807) is 17.0 Å². The Hall–Kier alpha value is -3.21. The number of anilines is 1. The highest BCUT2D eigenvalue weighted by Crippen LogP contribution is 2.21. The minimum atomic E-state index is -0.357. The first-order chi connectivity index (χ1) is 13.0. The van der Waals surface area contributed by atoms with Crippen molar-refractivity contribution in [1.82, 2.24) is 4.57 Å². The highest BCUT2D eigenvalue weighted by Gasteiger charge is 2.18. The first kappa shape index (κ1) is 18.6. The molecule has 3 aromatic rings. The molecule has 0 saturated carbocycles. The van der Waals surface area contributed by atoms with Crippen molar-refractivity contribution in [3.8, 4) is 0 Å². The number of carbonyl (C=O) groups is 1. The van der Waals surface area contributed by atoms with E-state index in [0.29, 0.717) is 17.7 Å². The molecule has 0 saturated heterocycles. The number of hydrogen-bond acceptors (Lipinski definition) is 2. The summed E-state index contributed by atoms with van der Waals surface area (Å²) in [5, 5.41) is 0. The van der Waals surface area contributed by atoms with Crippen LogP contribution in [0.25, 0.3) is 0 Å². The van der Waals surface area contributed by atoms with Crippen LogP contribution in [-0.4, -0.2) is 17.0 Å². The van der Waals surface area contributed by atoms with E-state index >= 15 is 0 Å². The van der Waals surface area contributed by atoms with Crippen molar-refractivity contribution in [2.24, 2.45) is 0 Å². The van der Waals surface area contributed by atoms with Crippen molar-refractivity contribution < 1.29 is 9.18 Å². The molecule has 0 atom stereocenters. The standard InChI is InChI=1S/C22H21FN2O2/c1-3-25(20-10-5-4-7-16(20)2)22(27)18-11-12-21(26)24(15-18)14-17-8-6-9-19(23)13-17/h4-13,15H,3,14H2,1-2H3. The molecule has 0 unspecified atom stereocenters. The summed E-state index contributed by atoms with van der Waals surface area (Å²) < 4.78 is 14.8. The molecule has 4 nitrogen and oxygen atoms in total. The van der Waals surface area contributed by atoms with Gasteiger partial charge in [0.15, 0.2) is 0 Å². The van der Waals surface area contributed by atoms with Gasteiger partial charge < -0.3 is 9.47 Å². The summed E-state index contributed by atoms with van der Waals surface area (Å²) in [6, 6.07) is 16.7. The fourth-order valence-electron chi connectivity index (χ4n) is 3.06. The van der Waals surface area contributed by atoms with Crippen molar-refractivity contribution in [2.45, 2.75) is 20.4 Å². The fourth-order valence-corrected chi connectivity index (χ4v) is 3.06. The predicted octanol–water partition coefficient (Wildman–Crippen LogP) is 4.01. The van der Waals surface area contributed by atoms with Gasteiger partial charge in [0.05, 0.1) is 12.1 Å². The molecule has 5 heteroatoms. The zero-order chi connectivity index (χ0) is 19.4. The van der Waals surface area contributed by atoms with Crippen molar-refractivity contribution in [2.75, 3.05) is 11.4 Å². The minimum Gasteiger partial charge on any atom is -0.310 e. The highest BCUT2D eigenvalue weighted by atomic mass is 19.1. The van der Waals surface area contributed by atoms with Crippen LogP contribution in [-0.2, 0) is 6.54 Å². The van der Waals surface area contributed by atoms with Crippen LogP contribution in [0, 0.1) is 12.7 Å². The number of benzene rings is 2. The molecule has 0 fully saturated rings. The van der Waals surface area contributed by atoms with E-state index in [1.165, 1.54) is 35.0 Å². The summed E-state index contributed by atoms with van der Waals surface area (Å²) >= 11 is 0. The minimum absolute atomic E-state index is 0.181. The van der Waals surface area contributed by atoms with Gasteiger partial charge in [0.1, 0.15) is 5.82 Å². The smallest absolute Gasteiger partial charge is 0.259 e. The van der Waals surface area contributed by atoms with E-state index in [4.69, 9.17) is 0 Å². The van der Waals surface area contributed by atoms with E-state index in [0.717, 1.165) is 11.3 Å². The van der Waals surface area contributed by atoms with Crippen LogP contribution in [0.15, 0.2) is 71.7 Å². The average Bonchev–Trinajstić information content (AvgIpc) is 2.65. The van der Waals surface area contributed by atoms with E-state index in [9.17, 15) is 14.0 Å². The molecule has 27 heavy (non-hydrogen) atoms. The normalized spacial score (nSPS) is 10.6. The Kier molecular flexibility index (Phi) is 5.50. The second-order valence-electron chi connectivity index (χ2n) is 6.35. The molecule has 0 N–H and O–H groups in total. The topological polar surface area (TPSA) is 42.3 Å². The van der Waals surface area contributed by atoms with Crippen molar-refractivity contribution in [1.29, 1.82) is 0 Å². The predicted molar refractivity (Wildman–Crippen MR) is 105 cm³/mol. The average molecular weight is 364 g/mol. The molecule has 1 heterocycles.